The summed E-state index contributed by atoms with van der Waals surface area (Å²) in [6.07, 6.45) is 0.900. The summed E-state index contributed by atoms with van der Waals surface area (Å²) in [5.41, 5.74) is 2.47. The molecule has 1 atom stereocenters. The van der Waals surface area contributed by atoms with E-state index in [0.717, 1.165) is 44.3 Å². The largest absolute Gasteiger partial charge is 0.496 e. The molecule has 1 rings (SSSR count). The topological polar surface area (TPSA) is 48.9 Å². The molecule has 0 radical (unpaired) electrons. The number of ether oxygens (including phenoxy) is 1. The quantitative estimate of drug-likeness (QED) is 0.337. The van der Waals surface area contributed by atoms with Crippen LogP contribution in [0.25, 0.3) is 0 Å². The van der Waals surface area contributed by atoms with E-state index in [1.807, 2.05) is 13.1 Å². The second-order valence-corrected chi connectivity index (χ2v) is 6.02. The predicted molar refractivity (Wildman–Crippen MR) is 119 cm³/mol. The van der Waals surface area contributed by atoms with Gasteiger partial charge in [-0.15, -0.1) is 24.0 Å². The minimum Gasteiger partial charge on any atom is -0.496 e. The van der Waals surface area contributed by atoms with Gasteiger partial charge in [0, 0.05) is 26.2 Å². The van der Waals surface area contributed by atoms with Gasteiger partial charge in [0.1, 0.15) is 5.75 Å². The third-order valence-corrected chi connectivity index (χ3v) is 4.35. The standard InChI is InChI=1S/C19H34N4O.HI/c1-7-23(8-2)16(4)14-22-19(20-5)21-12-11-17-13-15(3)9-10-18(17)24-6;/h9-10,13,16H,7-8,11-12,14H2,1-6H3,(H2,20,21,22);1H. The number of benzene rings is 1. The molecule has 0 aliphatic rings. The third kappa shape index (κ3) is 8.27. The lowest BCUT2D eigenvalue weighted by Gasteiger charge is -2.27. The van der Waals surface area contributed by atoms with Gasteiger partial charge in [0.05, 0.1) is 7.11 Å². The number of halogens is 1. The van der Waals surface area contributed by atoms with Crippen molar-refractivity contribution in [2.45, 2.75) is 40.2 Å². The molecule has 1 aromatic carbocycles. The molecule has 0 aliphatic heterocycles. The zero-order valence-corrected chi connectivity index (χ0v) is 18.9. The zero-order chi connectivity index (χ0) is 17.9. The molecule has 0 aromatic heterocycles. The lowest BCUT2D eigenvalue weighted by atomic mass is 10.1. The highest BCUT2D eigenvalue weighted by Crippen LogP contribution is 2.19. The van der Waals surface area contributed by atoms with E-state index in [4.69, 9.17) is 4.74 Å². The average Bonchev–Trinajstić information content (AvgIpc) is 2.59. The second kappa shape index (κ2) is 13.2. The number of likely N-dealkylation sites (N-methyl/N-ethyl adjacent to an activating group) is 1. The molecule has 0 amide bonds. The number of guanidine groups is 1. The van der Waals surface area contributed by atoms with Gasteiger partial charge in [0.15, 0.2) is 5.96 Å². The molecule has 1 unspecified atom stereocenters. The summed E-state index contributed by atoms with van der Waals surface area (Å²) < 4.78 is 5.44. The predicted octanol–water partition coefficient (Wildman–Crippen LogP) is 3.06. The van der Waals surface area contributed by atoms with E-state index < -0.39 is 0 Å². The summed E-state index contributed by atoms with van der Waals surface area (Å²) in [5, 5.41) is 6.79. The summed E-state index contributed by atoms with van der Waals surface area (Å²) in [6, 6.07) is 6.77. The molecule has 0 bridgehead atoms. The van der Waals surface area contributed by atoms with Crippen molar-refractivity contribution < 1.29 is 4.74 Å². The minimum absolute atomic E-state index is 0. The molecule has 0 aliphatic carbocycles. The summed E-state index contributed by atoms with van der Waals surface area (Å²) in [4.78, 5) is 6.74. The van der Waals surface area contributed by atoms with Crippen molar-refractivity contribution in [1.82, 2.24) is 15.5 Å². The fourth-order valence-corrected chi connectivity index (χ4v) is 2.86. The second-order valence-electron chi connectivity index (χ2n) is 6.02. The van der Waals surface area contributed by atoms with Crippen molar-refractivity contribution in [1.29, 1.82) is 0 Å². The van der Waals surface area contributed by atoms with Crippen LogP contribution in [0.5, 0.6) is 5.75 Å². The molecular formula is C19H35IN4O. The van der Waals surface area contributed by atoms with Gasteiger partial charge in [-0.1, -0.05) is 31.5 Å². The molecular weight excluding hydrogens is 427 g/mol. The normalized spacial score (nSPS) is 12.5. The Hall–Kier alpha value is -1.02. The minimum atomic E-state index is 0. The maximum Gasteiger partial charge on any atom is 0.191 e. The average molecular weight is 462 g/mol. The van der Waals surface area contributed by atoms with Crippen molar-refractivity contribution in [3.05, 3.63) is 29.3 Å². The van der Waals surface area contributed by atoms with Gasteiger partial charge in [0.25, 0.3) is 0 Å². The molecule has 0 saturated carbocycles. The SMILES string of the molecule is CCN(CC)C(C)CNC(=NC)NCCc1cc(C)ccc1OC.I. The van der Waals surface area contributed by atoms with Crippen LogP contribution in [0.1, 0.15) is 31.9 Å². The van der Waals surface area contributed by atoms with Crippen molar-refractivity contribution in [2.75, 3.05) is 40.3 Å². The zero-order valence-electron chi connectivity index (χ0n) is 16.6. The molecule has 5 nitrogen and oxygen atoms in total. The van der Waals surface area contributed by atoms with E-state index in [9.17, 15) is 0 Å². The van der Waals surface area contributed by atoms with E-state index in [1.165, 1.54) is 11.1 Å². The molecule has 0 fully saturated rings. The van der Waals surface area contributed by atoms with E-state index in [2.05, 4.69) is 60.4 Å². The fraction of sp³-hybridized carbons (Fsp3) is 0.632. The van der Waals surface area contributed by atoms with Crippen LogP contribution in [0.15, 0.2) is 23.2 Å². The van der Waals surface area contributed by atoms with Crippen LogP contribution in [0, 0.1) is 6.92 Å². The molecule has 1 aromatic rings. The van der Waals surface area contributed by atoms with Crippen LogP contribution in [0.4, 0.5) is 0 Å². The number of aryl methyl sites for hydroxylation is 1. The Morgan fingerprint density at radius 3 is 2.48 bits per heavy atom. The number of hydrogen-bond donors (Lipinski definition) is 2. The number of nitrogens with zero attached hydrogens (tertiary/aromatic N) is 2. The Balaban J connectivity index is 0.00000576. The molecule has 6 heteroatoms. The lowest BCUT2D eigenvalue weighted by molar-refractivity contribution is 0.231. The van der Waals surface area contributed by atoms with Crippen LogP contribution in [-0.4, -0.2) is 57.2 Å². The summed E-state index contributed by atoms with van der Waals surface area (Å²) in [5.74, 6) is 1.79. The number of methoxy groups -OCH3 is 1. The van der Waals surface area contributed by atoms with Gasteiger partial charge >= 0.3 is 0 Å². The van der Waals surface area contributed by atoms with Crippen molar-refractivity contribution in [3.63, 3.8) is 0 Å². The lowest BCUT2D eigenvalue weighted by Crippen LogP contribution is -2.46. The fourth-order valence-electron chi connectivity index (χ4n) is 2.86. The van der Waals surface area contributed by atoms with E-state index in [-0.39, 0.29) is 24.0 Å². The first-order chi connectivity index (χ1) is 11.5. The summed E-state index contributed by atoms with van der Waals surface area (Å²) in [7, 11) is 3.53. The van der Waals surface area contributed by atoms with Crippen molar-refractivity contribution >= 4 is 29.9 Å². The summed E-state index contributed by atoms with van der Waals surface area (Å²) >= 11 is 0. The first-order valence-corrected chi connectivity index (χ1v) is 8.87. The van der Waals surface area contributed by atoms with Gasteiger partial charge in [0.2, 0.25) is 0 Å². The molecule has 2 N–H and O–H groups in total. The van der Waals surface area contributed by atoms with Gasteiger partial charge in [-0.25, -0.2) is 0 Å². The first kappa shape index (κ1) is 24.0. The Bertz CT molecular complexity index is 518. The molecule has 0 saturated heterocycles. The third-order valence-electron chi connectivity index (χ3n) is 4.35. The number of rotatable bonds is 9. The van der Waals surface area contributed by atoms with Crippen LogP contribution >= 0.6 is 24.0 Å². The van der Waals surface area contributed by atoms with Gasteiger partial charge < -0.3 is 15.4 Å². The molecule has 0 spiro atoms. The highest BCUT2D eigenvalue weighted by molar-refractivity contribution is 14.0. The van der Waals surface area contributed by atoms with Gasteiger partial charge in [-0.3, -0.25) is 9.89 Å². The Labute approximate surface area is 170 Å². The van der Waals surface area contributed by atoms with Crippen molar-refractivity contribution in [3.8, 4) is 5.75 Å². The van der Waals surface area contributed by atoms with E-state index in [0.29, 0.717) is 6.04 Å². The number of hydrogen-bond acceptors (Lipinski definition) is 3. The smallest absolute Gasteiger partial charge is 0.191 e. The van der Waals surface area contributed by atoms with Crippen molar-refractivity contribution in [2.24, 2.45) is 4.99 Å². The van der Waals surface area contributed by atoms with Crippen LogP contribution in [0.3, 0.4) is 0 Å². The maximum atomic E-state index is 5.44. The molecule has 0 heterocycles. The van der Waals surface area contributed by atoms with Crippen LogP contribution in [0.2, 0.25) is 0 Å². The molecule has 25 heavy (non-hydrogen) atoms. The van der Waals surface area contributed by atoms with Gasteiger partial charge in [-0.05, 0) is 45.0 Å². The van der Waals surface area contributed by atoms with E-state index >= 15 is 0 Å². The Kier molecular flexibility index (Phi) is 12.7. The number of aliphatic imine (C=N–C) groups is 1. The first-order valence-electron chi connectivity index (χ1n) is 8.87. The molecule has 144 valence electrons. The highest BCUT2D eigenvalue weighted by Gasteiger charge is 2.10. The van der Waals surface area contributed by atoms with Crippen LogP contribution in [-0.2, 0) is 6.42 Å². The Morgan fingerprint density at radius 2 is 1.92 bits per heavy atom. The van der Waals surface area contributed by atoms with Gasteiger partial charge in [-0.2, -0.15) is 0 Å². The summed E-state index contributed by atoms with van der Waals surface area (Å²) in [6.45, 7) is 12.6. The maximum absolute atomic E-state index is 5.44. The highest BCUT2D eigenvalue weighted by atomic mass is 127. The van der Waals surface area contributed by atoms with Crippen LogP contribution < -0.4 is 15.4 Å². The Morgan fingerprint density at radius 1 is 1.24 bits per heavy atom. The number of nitrogens with one attached hydrogen (secondary N) is 2. The van der Waals surface area contributed by atoms with E-state index in [1.54, 1.807) is 7.11 Å². The monoisotopic (exact) mass is 462 g/mol.